The first-order valence-corrected chi connectivity index (χ1v) is 10.5. The molecule has 1 aliphatic rings. The molecule has 2 aromatic carbocycles. The highest BCUT2D eigenvalue weighted by molar-refractivity contribution is 5.93. The van der Waals surface area contributed by atoms with Crippen LogP contribution in [0.15, 0.2) is 79.0 Å². The third kappa shape index (κ3) is 4.15. The van der Waals surface area contributed by atoms with Crippen LogP contribution in [-0.2, 0) is 16.1 Å². The maximum atomic E-state index is 12.9. The van der Waals surface area contributed by atoms with E-state index >= 15 is 0 Å². The Hall–Kier alpha value is -3.64. The van der Waals surface area contributed by atoms with Crippen LogP contribution in [0, 0.1) is 0 Å². The van der Waals surface area contributed by atoms with Crippen LogP contribution in [0.25, 0.3) is 22.2 Å². The molecule has 0 radical (unpaired) electrons. The van der Waals surface area contributed by atoms with Crippen molar-refractivity contribution in [1.82, 2.24) is 9.55 Å². The van der Waals surface area contributed by atoms with Gasteiger partial charge in [0.2, 0.25) is 5.91 Å². The van der Waals surface area contributed by atoms with Crippen molar-refractivity contribution in [3.63, 3.8) is 0 Å². The average Bonchev–Trinajstić information content (AvgIpc) is 3.19. The fraction of sp³-hybridized carbons (Fsp3) is 0.200. The minimum absolute atomic E-state index is 0.106. The first kappa shape index (κ1) is 19.3. The zero-order valence-electron chi connectivity index (χ0n) is 17.2. The van der Waals surface area contributed by atoms with E-state index in [0.717, 1.165) is 54.2 Å². The number of rotatable bonds is 5. The standard InChI is InChI=1S/C25H24N4O2/c30-25(27-24-11-10-21(17-26-24)28-12-14-31-15-13-28)18-29-22-9-5-4-8-20(22)16-23(29)19-6-2-1-3-7-19/h1-11,16-17H,12-15,18H2,(H,26,27,30). The molecule has 1 N–H and O–H groups in total. The third-order valence-electron chi connectivity index (χ3n) is 5.57. The molecule has 31 heavy (non-hydrogen) atoms. The second-order valence-corrected chi connectivity index (χ2v) is 7.59. The summed E-state index contributed by atoms with van der Waals surface area (Å²) in [5.74, 6) is 0.449. The summed E-state index contributed by atoms with van der Waals surface area (Å²) in [6.45, 7) is 3.39. The maximum Gasteiger partial charge on any atom is 0.245 e. The predicted molar refractivity (Wildman–Crippen MR) is 123 cm³/mol. The van der Waals surface area contributed by atoms with E-state index in [1.54, 1.807) is 6.20 Å². The monoisotopic (exact) mass is 412 g/mol. The smallest absolute Gasteiger partial charge is 0.245 e. The molecule has 2 aromatic heterocycles. The maximum absolute atomic E-state index is 12.9. The van der Waals surface area contributed by atoms with Gasteiger partial charge in [0.25, 0.3) is 0 Å². The van der Waals surface area contributed by atoms with E-state index in [9.17, 15) is 4.79 Å². The second kappa shape index (κ2) is 8.62. The Morgan fingerprint density at radius 1 is 0.968 bits per heavy atom. The van der Waals surface area contributed by atoms with Crippen molar-refractivity contribution in [2.45, 2.75) is 6.54 Å². The Labute approximate surface area is 181 Å². The van der Waals surface area contributed by atoms with Crippen LogP contribution in [0.1, 0.15) is 0 Å². The lowest BCUT2D eigenvalue weighted by Gasteiger charge is -2.28. The van der Waals surface area contributed by atoms with Crippen LogP contribution in [-0.4, -0.2) is 41.8 Å². The van der Waals surface area contributed by atoms with Crippen molar-refractivity contribution >= 4 is 28.3 Å². The van der Waals surface area contributed by atoms with E-state index in [1.165, 1.54) is 0 Å². The number of para-hydroxylation sites is 1. The Balaban J connectivity index is 1.36. The molecule has 0 unspecified atom stereocenters. The highest BCUT2D eigenvalue weighted by Crippen LogP contribution is 2.28. The molecule has 1 aliphatic heterocycles. The molecule has 0 bridgehead atoms. The topological polar surface area (TPSA) is 59.4 Å². The third-order valence-corrected chi connectivity index (χ3v) is 5.57. The van der Waals surface area contributed by atoms with Gasteiger partial charge in [0, 0.05) is 29.7 Å². The lowest BCUT2D eigenvalue weighted by atomic mass is 10.1. The van der Waals surface area contributed by atoms with Crippen LogP contribution in [0.3, 0.4) is 0 Å². The molecule has 3 heterocycles. The molecule has 6 heteroatoms. The van der Waals surface area contributed by atoms with E-state index < -0.39 is 0 Å². The van der Waals surface area contributed by atoms with Gasteiger partial charge >= 0.3 is 0 Å². The summed E-state index contributed by atoms with van der Waals surface area (Å²) in [5.41, 5.74) is 4.18. The van der Waals surface area contributed by atoms with E-state index in [0.29, 0.717) is 5.82 Å². The Morgan fingerprint density at radius 3 is 2.52 bits per heavy atom. The average molecular weight is 412 g/mol. The van der Waals surface area contributed by atoms with Crippen molar-refractivity contribution in [2.75, 3.05) is 36.5 Å². The van der Waals surface area contributed by atoms with Crippen molar-refractivity contribution in [1.29, 1.82) is 0 Å². The molecule has 5 rings (SSSR count). The molecule has 1 amide bonds. The van der Waals surface area contributed by atoms with Gasteiger partial charge in [0.05, 0.1) is 25.1 Å². The van der Waals surface area contributed by atoms with Gasteiger partial charge in [-0.15, -0.1) is 0 Å². The van der Waals surface area contributed by atoms with Crippen molar-refractivity contribution < 1.29 is 9.53 Å². The molecule has 0 aliphatic carbocycles. The van der Waals surface area contributed by atoms with E-state index in [-0.39, 0.29) is 12.5 Å². The summed E-state index contributed by atoms with van der Waals surface area (Å²) in [6, 6.07) is 24.3. The van der Waals surface area contributed by atoms with Crippen LogP contribution in [0.4, 0.5) is 11.5 Å². The van der Waals surface area contributed by atoms with Crippen LogP contribution in [0.5, 0.6) is 0 Å². The number of anilines is 2. The number of morpholine rings is 1. The van der Waals surface area contributed by atoms with Gasteiger partial charge in [-0.25, -0.2) is 4.98 Å². The minimum Gasteiger partial charge on any atom is -0.378 e. The first-order valence-electron chi connectivity index (χ1n) is 10.5. The van der Waals surface area contributed by atoms with Crippen molar-refractivity contribution in [3.8, 4) is 11.3 Å². The number of carbonyl (C=O) groups excluding carboxylic acids is 1. The first-order chi connectivity index (χ1) is 15.3. The Bertz CT molecular complexity index is 1180. The van der Waals surface area contributed by atoms with Gasteiger partial charge < -0.3 is 19.5 Å². The number of amides is 1. The minimum atomic E-state index is -0.106. The van der Waals surface area contributed by atoms with Crippen LogP contribution >= 0.6 is 0 Å². The number of aromatic nitrogens is 2. The number of nitrogens with zero attached hydrogens (tertiary/aromatic N) is 3. The van der Waals surface area contributed by atoms with Crippen molar-refractivity contribution in [2.24, 2.45) is 0 Å². The van der Waals surface area contributed by atoms with E-state index in [2.05, 4.69) is 44.0 Å². The number of carbonyl (C=O) groups is 1. The number of fused-ring (bicyclic) bond motifs is 1. The molecule has 6 nitrogen and oxygen atoms in total. The lowest BCUT2D eigenvalue weighted by Crippen LogP contribution is -2.36. The summed E-state index contributed by atoms with van der Waals surface area (Å²) in [7, 11) is 0. The quantitative estimate of drug-likeness (QED) is 0.534. The molecule has 4 aromatic rings. The summed E-state index contributed by atoms with van der Waals surface area (Å²) < 4.78 is 7.46. The van der Waals surface area contributed by atoms with E-state index in [4.69, 9.17) is 4.74 Å². The highest BCUT2D eigenvalue weighted by atomic mass is 16.5. The molecular formula is C25H24N4O2. The van der Waals surface area contributed by atoms with Gasteiger partial charge in [-0.3, -0.25) is 4.79 Å². The van der Waals surface area contributed by atoms with Crippen LogP contribution < -0.4 is 10.2 Å². The van der Waals surface area contributed by atoms with Crippen LogP contribution in [0.2, 0.25) is 0 Å². The van der Waals surface area contributed by atoms with Gasteiger partial charge in [0.1, 0.15) is 12.4 Å². The van der Waals surface area contributed by atoms with Gasteiger partial charge in [-0.05, 0) is 29.8 Å². The molecule has 1 fully saturated rings. The zero-order chi connectivity index (χ0) is 21.0. The number of nitrogens with one attached hydrogen (secondary N) is 1. The number of ether oxygens (including phenoxy) is 1. The highest BCUT2D eigenvalue weighted by Gasteiger charge is 2.15. The molecule has 0 atom stereocenters. The Morgan fingerprint density at radius 2 is 1.74 bits per heavy atom. The van der Waals surface area contributed by atoms with Gasteiger partial charge in [0.15, 0.2) is 0 Å². The second-order valence-electron chi connectivity index (χ2n) is 7.59. The van der Waals surface area contributed by atoms with Crippen molar-refractivity contribution in [3.05, 3.63) is 79.0 Å². The molecule has 156 valence electrons. The fourth-order valence-corrected chi connectivity index (χ4v) is 4.02. The number of hydrogen-bond donors (Lipinski definition) is 1. The Kier molecular flexibility index (Phi) is 5.37. The summed E-state index contributed by atoms with van der Waals surface area (Å²) in [6.07, 6.45) is 1.81. The van der Waals surface area contributed by atoms with E-state index in [1.807, 2.05) is 48.5 Å². The number of hydrogen-bond acceptors (Lipinski definition) is 4. The zero-order valence-corrected chi connectivity index (χ0v) is 17.2. The fourth-order valence-electron chi connectivity index (χ4n) is 4.02. The molecule has 0 spiro atoms. The summed E-state index contributed by atoms with van der Waals surface area (Å²) >= 11 is 0. The largest absolute Gasteiger partial charge is 0.378 e. The summed E-state index contributed by atoms with van der Waals surface area (Å²) in [4.78, 5) is 19.6. The predicted octanol–water partition coefficient (Wildman–Crippen LogP) is 4.18. The van der Waals surface area contributed by atoms with Gasteiger partial charge in [-0.1, -0.05) is 48.5 Å². The molecule has 0 saturated carbocycles. The van der Waals surface area contributed by atoms with Gasteiger partial charge in [-0.2, -0.15) is 0 Å². The number of benzene rings is 2. The number of pyridine rings is 1. The lowest BCUT2D eigenvalue weighted by molar-refractivity contribution is -0.116. The normalized spacial score (nSPS) is 14.0. The molecular weight excluding hydrogens is 388 g/mol. The molecule has 1 saturated heterocycles. The summed E-state index contributed by atoms with van der Waals surface area (Å²) in [5, 5.41) is 4.05. The SMILES string of the molecule is O=C(Cn1c(-c2ccccc2)cc2ccccc21)Nc1ccc(N2CCOCC2)cn1.